The van der Waals surface area contributed by atoms with Gasteiger partial charge in [0.15, 0.2) is 0 Å². The average Bonchev–Trinajstić information content (AvgIpc) is 2.87. The highest BCUT2D eigenvalue weighted by Gasteiger charge is 2.64. The molecule has 3 fully saturated rings. The molecule has 19 heavy (non-hydrogen) atoms. The summed E-state index contributed by atoms with van der Waals surface area (Å²) in [6.45, 7) is 14.8. The highest BCUT2D eigenvalue weighted by atomic mass is 15.3. The summed E-state index contributed by atoms with van der Waals surface area (Å²) in [5.41, 5.74) is 3.50. The maximum absolute atomic E-state index is 4.34. The molecule has 0 aliphatic carbocycles. The van der Waals surface area contributed by atoms with Gasteiger partial charge in [-0.15, -0.1) is 0 Å². The molecule has 2 atom stereocenters. The van der Waals surface area contributed by atoms with Crippen LogP contribution in [0.1, 0.15) is 6.42 Å². The van der Waals surface area contributed by atoms with E-state index >= 15 is 0 Å². The molecule has 3 N–H and O–H groups in total. The van der Waals surface area contributed by atoms with E-state index < -0.39 is 0 Å². The van der Waals surface area contributed by atoms with Gasteiger partial charge in [-0.3, -0.25) is 5.32 Å². The predicted octanol–water partition coefficient (Wildman–Crippen LogP) is 1.61. The summed E-state index contributed by atoms with van der Waals surface area (Å²) in [5, 5.41) is 10.8. The van der Waals surface area contributed by atoms with E-state index in [0.29, 0.717) is 0 Å². The SMILES string of the molecule is C=C/C=C1\C(=C/C=C)N[C@@]23CNCC(=C)[C@@]12CCN3. The molecule has 0 aromatic heterocycles. The van der Waals surface area contributed by atoms with Crippen LogP contribution in [0.15, 0.2) is 60.9 Å². The Balaban J connectivity index is 2.22. The number of hydrogen-bond acceptors (Lipinski definition) is 3. The summed E-state index contributed by atoms with van der Waals surface area (Å²) in [6, 6.07) is 0. The second-order valence-corrected chi connectivity index (χ2v) is 5.45. The van der Waals surface area contributed by atoms with Crippen molar-refractivity contribution in [2.45, 2.75) is 12.1 Å². The maximum Gasteiger partial charge on any atom is 0.115 e. The minimum atomic E-state index is -0.147. The molecule has 0 unspecified atom stereocenters. The van der Waals surface area contributed by atoms with Crippen molar-refractivity contribution in [3.63, 3.8) is 0 Å². The summed E-state index contributed by atoms with van der Waals surface area (Å²) in [4.78, 5) is 0. The molecule has 0 aromatic rings. The van der Waals surface area contributed by atoms with E-state index in [0.717, 1.165) is 31.8 Å². The molecule has 0 amide bonds. The van der Waals surface area contributed by atoms with Crippen LogP contribution in [0.25, 0.3) is 0 Å². The molecular formula is C16H21N3. The van der Waals surface area contributed by atoms with Crippen LogP contribution in [0, 0.1) is 5.41 Å². The summed E-state index contributed by atoms with van der Waals surface area (Å²) >= 11 is 0. The number of allylic oxidation sites excluding steroid dienone is 5. The Morgan fingerprint density at radius 2 is 1.95 bits per heavy atom. The van der Waals surface area contributed by atoms with E-state index in [1.165, 1.54) is 11.1 Å². The summed E-state index contributed by atoms with van der Waals surface area (Å²) in [5.74, 6) is 0. The normalized spacial score (nSPS) is 40.9. The van der Waals surface area contributed by atoms with Crippen LogP contribution in [-0.2, 0) is 0 Å². The molecule has 0 bridgehead atoms. The van der Waals surface area contributed by atoms with Crippen molar-refractivity contribution >= 4 is 0 Å². The van der Waals surface area contributed by atoms with E-state index in [-0.39, 0.29) is 11.1 Å². The lowest BCUT2D eigenvalue weighted by Gasteiger charge is -2.45. The van der Waals surface area contributed by atoms with Crippen molar-refractivity contribution in [2.75, 3.05) is 19.6 Å². The van der Waals surface area contributed by atoms with Gasteiger partial charge in [0.2, 0.25) is 0 Å². The molecule has 3 nitrogen and oxygen atoms in total. The monoisotopic (exact) mass is 255 g/mol. The molecule has 100 valence electrons. The van der Waals surface area contributed by atoms with Crippen molar-refractivity contribution < 1.29 is 0 Å². The standard InChI is InChI=1S/C16H21N3/c1-4-6-13-14(7-5-2)19-16-11-17-10-12(3)15(13,16)8-9-18-16/h4-7,17-19H,1-3,8-11H2/b13-6+,14-7+/t15-,16-/m0/s1. The Kier molecular flexibility index (Phi) is 2.77. The van der Waals surface area contributed by atoms with E-state index in [2.05, 4.69) is 41.8 Å². The Hall–Kier alpha value is -1.58. The quantitative estimate of drug-likeness (QED) is 0.656. The molecule has 3 aliphatic rings. The third kappa shape index (κ3) is 1.40. The van der Waals surface area contributed by atoms with Gasteiger partial charge in [0.25, 0.3) is 0 Å². The number of rotatable bonds is 2. The summed E-state index contributed by atoms with van der Waals surface area (Å²) in [7, 11) is 0. The third-order valence-corrected chi connectivity index (χ3v) is 4.65. The van der Waals surface area contributed by atoms with Gasteiger partial charge in [-0.05, 0) is 30.2 Å². The molecule has 3 rings (SSSR count). The minimum absolute atomic E-state index is 0.0265. The van der Waals surface area contributed by atoms with Gasteiger partial charge in [-0.2, -0.15) is 0 Å². The van der Waals surface area contributed by atoms with E-state index in [1.807, 2.05) is 18.2 Å². The molecule has 3 saturated heterocycles. The van der Waals surface area contributed by atoms with Gasteiger partial charge in [0, 0.05) is 18.8 Å². The van der Waals surface area contributed by atoms with Crippen LogP contribution in [0.5, 0.6) is 0 Å². The molecule has 3 heterocycles. The van der Waals surface area contributed by atoms with Crippen LogP contribution in [0.2, 0.25) is 0 Å². The van der Waals surface area contributed by atoms with Crippen LogP contribution < -0.4 is 16.0 Å². The van der Waals surface area contributed by atoms with Crippen LogP contribution >= 0.6 is 0 Å². The first-order chi connectivity index (χ1) is 9.20. The van der Waals surface area contributed by atoms with Crippen molar-refractivity contribution in [1.29, 1.82) is 0 Å². The highest BCUT2D eigenvalue weighted by molar-refractivity contribution is 5.56. The third-order valence-electron chi connectivity index (χ3n) is 4.65. The van der Waals surface area contributed by atoms with E-state index in [4.69, 9.17) is 0 Å². The maximum atomic E-state index is 4.34. The molecular weight excluding hydrogens is 234 g/mol. The first-order valence-electron chi connectivity index (χ1n) is 6.79. The van der Waals surface area contributed by atoms with Gasteiger partial charge in [0.05, 0.1) is 5.41 Å². The van der Waals surface area contributed by atoms with Crippen molar-refractivity contribution in [3.8, 4) is 0 Å². The van der Waals surface area contributed by atoms with Gasteiger partial charge >= 0.3 is 0 Å². The minimum Gasteiger partial charge on any atom is -0.365 e. The van der Waals surface area contributed by atoms with Crippen LogP contribution in [0.3, 0.4) is 0 Å². The lowest BCUT2D eigenvalue weighted by atomic mass is 9.65. The Bertz CT molecular complexity index is 514. The van der Waals surface area contributed by atoms with Crippen LogP contribution in [-0.4, -0.2) is 25.3 Å². The Labute approximate surface area is 114 Å². The zero-order valence-corrected chi connectivity index (χ0v) is 11.3. The fourth-order valence-corrected chi connectivity index (χ4v) is 3.95. The lowest BCUT2D eigenvalue weighted by molar-refractivity contribution is 0.191. The van der Waals surface area contributed by atoms with Gasteiger partial charge in [-0.1, -0.05) is 38.0 Å². The molecule has 0 saturated carbocycles. The largest absolute Gasteiger partial charge is 0.365 e. The predicted molar refractivity (Wildman–Crippen MR) is 79.5 cm³/mol. The molecule has 0 radical (unpaired) electrons. The second-order valence-electron chi connectivity index (χ2n) is 5.45. The molecule has 3 aliphatic heterocycles. The molecule has 0 spiro atoms. The zero-order valence-electron chi connectivity index (χ0n) is 11.3. The Morgan fingerprint density at radius 1 is 1.16 bits per heavy atom. The fourth-order valence-electron chi connectivity index (χ4n) is 3.95. The van der Waals surface area contributed by atoms with Gasteiger partial charge < -0.3 is 10.6 Å². The molecule has 0 aromatic carbocycles. The van der Waals surface area contributed by atoms with Crippen molar-refractivity contribution in [2.24, 2.45) is 5.41 Å². The smallest absolute Gasteiger partial charge is 0.115 e. The zero-order chi connectivity index (χ0) is 13.5. The van der Waals surface area contributed by atoms with E-state index in [1.54, 1.807) is 0 Å². The summed E-state index contributed by atoms with van der Waals surface area (Å²) < 4.78 is 0. The van der Waals surface area contributed by atoms with Gasteiger partial charge in [-0.25, -0.2) is 0 Å². The first-order valence-corrected chi connectivity index (χ1v) is 6.79. The summed E-state index contributed by atoms with van der Waals surface area (Å²) in [6.07, 6.45) is 8.93. The van der Waals surface area contributed by atoms with Gasteiger partial charge in [0.1, 0.15) is 5.66 Å². The molecule has 3 heteroatoms. The van der Waals surface area contributed by atoms with E-state index in [9.17, 15) is 0 Å². The topological polar surface area (TPSA) is 36.1 Å². The van der Waals surface area contributed by atoms with Crippen LogP contribution in [0.4, 0.5) is 0 Å². The second kappa shape index (κ2) is 4.22. The number of piperidine rings is 1. The number of hydrogen-bond donors (Lipinski definition) is 3. The Morgan fingerprint density at radius 3 is 2.68 bits per heavy atom. The van der Waals surface area contributed by atoms with Crippen molar-refractivity contribution in [3.05, 3.63) is 60.9 Å². The van der Waals surface area contributed by atoms with Crippen molar-refractivity contribution in [1.82, 2.24) is 16.0 Å². The lowest BCUT2D eigenvalue weighted by Crippen LogP contribution is -2.66. The first kappa shape index (κ1) is 12.5. The highest BCUT2D eigenvalue weighted by Crippen LogP contribution is 2.57. The fraction of sp³-hybridized carbons (Fsp3) is 0.375. The average molecular weight is 255 g/mol. The number of nitrogens with one attached hydrogen (secondary N) is 3.